The van der Waals surface area contributed by atoms with Gasteiger partial charge in [-0.2, -0.15) is 0 Å². The van der Waals surface area contributed by atoms with Gasteiger partial charge >= 0.3 is 23.3 Å². The second-order valence-electron chi connectivity index (χ2n) is 20.0. The number of benzene rings is 1. The number of ether oxygens (including phenoxy) is 12. The van der Waals surface area contributed by atoms with E-state index < -0.39 is 120 Å². The number of carbonyl (C=O) groups excluding carboxylic acids is 3. The molecule has 66 heavy (non-hydrogen) atoms. The van der Waals surface area contributed by atoms with E-state index in [4.69, 9.17) is 69.1 Å². The van der Waals surface area contributed by atoms with Crippen LogP contribution in [0.25, 0.3) is 0 Å². The van der Waals surface area contributed by atoms with Gasteiger partial charge in [0.25, 0.3) is 0 Å². The number of hydrogen-bond donors (Lipinski definition) is 1. The molecule has 5 aliphatic rings. The van der Waals surface area contributed by atoms with Gasteiger partial charge in [-0.3, -0.25) is 9.59 Å². The van der Waals surface area contributed by atoms with Gasteiger partial charge < -0.3 is 66.8 Å². The number of hydrogen-bond acceptors (Lipinski definition) is 18. The van der Waals surface area contributed by atoms with Crippen LogP contribution < -0.4 is 0 Å². The summed E-state index contributed by atoms with van der Waals surface area (Å²) < 4.78 is 76.4. The van der Waals surface area contributed by atoms with Gasteiger partial charge in [-0.25, -0.2) is 4.79 Å². The molecular formula is C48H73NO16S. The Labute approximate surface area is 394 Å². The van der Waals surface area contributed by atoms with Crippen LogP contribution in [0.15, 0.2) is 30.3 Å². The molecule has 372 valence electrons. The molecule has 2 bridgehead atoms. The van der Waals surface area contributed by atoms with Crippen molar-refractivity contribution in [3.05, 3.63) is 35.9 Å². The van der Waals surface area contributed by atoms with Gasteiger partial charge in [-0.15, -0.1) is 0 Å². The first-order valence-electron chi connectivity index (χ1n) is 23.3. The molecule has 0 aromatic heterocycles. The van der Waals surface area contributed by atoms with Crippen molar-refractivity contribution < 1.29 is 76.3 Å². The first-order valence-corrected chi connectivity index (χ1v) is 23.7. The van der Waals surface area contributed by atoms with Crippen LogP contribution in [-0.4, -0.2) is 145 Å². The number of esters is 2. The number of cyclic esters (lactones) is 1. The summed E-state index contributed by atoms with van der Waals surface area (Å²) in [7, 11) is 5.32. The lowest BCUT2D eigenvalue weighted by atomic mass is 9.75. The van der Waals surface area contributed by atoms with Gasteiger partial charge in [-0.1, -0.05) is 58.0 Å². The summed E-state index contributed by atoms with van der Waals surface area (Å²) >= 11 is 5.47. The molecule has 6 rings (SSSR count). The molecule has 0 saturated carbocycles. The van der Waals surface area contributed by atoms with Crippen molar-refractivity contribution in [2.24, 2.45) is 23.7 Å². The van der Waals surface area contributed by atoms with E-state index in [-0.39, 0.29) is 36.8 Å². The van der Waals surface area contributed by atoms with Crippen molar-refractivity contribution in [3.8, 4) is 0 Å². The third-order valence-electron chi connectivity index (χ3n) is 14.7. The Morgan fingerprint density at radius 1 is 0.924 bits per heavy atom. The highest BCUT2D eigenvalue weighted by atomic mass is 32.1. The molecular weight excluding hydrogens is 879 g/mol. The summed E-state index contributed by atoms with van der Waals surface area (Å²) in [4.78, 5) is 42.6. The maximum Gasteiger partial charge on any atom is 0.509 e. The number of aliphatic hydroxyl groups is 1. The molecule has 17 nitrogen and oxygen atoms in total. The standard InChI is InChI=1S/C48H73NO16S/c1-15-34-47(11)39(63-44(66)64-47)29(6)48(53)25(2)22-46(10,65-48)38(61-42-37(58-31(8)50)33(49(12)13)21-26(3)56-42)27(4)36(28(5)41(51)59-34)60-35-23-45(9,54-14)40(30(7)57-35)62-43(52)55-24-32-19-17-16-18-20-32/h16-20,25-30,33-40,42,53H,15,21-24H2,1-14H3/t25-,26-,27+,28-,29-,30+,33+,34-,35+,36+,37-,38-,39-,40+,42+,45-,46+,47-,48+/m1/s1. The van der Waals surface area contributed by atoms with E-state index in [0.29, 0.717) is 12.8 Å². The fourth-order valence-corrected chi connectivity index (χ4v) is 11.4. The molecule has 0 spiro atoms. The number of nitrogens with zero attached hydrogens (tertiary/aromatic N) is 1. The average Bonchev–Trinajstić information content (AvgIpc) is 3.70. The Kier molecular flexibility index (Phi) is 16.1. The normalized spacial score (nSPS) is 44.1. The van der Waals surface area contributed by atoms with Crippen molar-refractivity contribution in [2.45, 2.75) is 198 Å². The van der Waals surface area contributed by atoms with Crippen LogP contribution in [-0.2, 0) is 73.0 Å². The number of fused-ring (bicyclic) bond motifs is 3. The van der Waals surface area contributed by atoms with Crippen LogP contribution >= 0.6 is 12.2 Å². The van der Waals surface area contributed by atoms with Gasteiger partial charge in [0.2, 0.25) is 0 Å². The highest BCUT2D eigenvalue weighted by molar-refractivity contribution is 7.79. The second kappa shape index (κ2) is 20.4. The third-order valence-corrected chi connectivity index (χ3v) is 14.9. The highest BCUT2D eigenvalue weighted by Gasteiger charge is 2.66. The minimum Gasteiger partial charge on any atom is -0.458 e. The van der Waals surface area contributed by atoms with Crippen molar-refractivity contribution in [2.75, 3.05) is 21.2 Å². The second-order valence-corrected chi connectivity index (χ2v) is 20.3. The molecule has 5 fully saturated rings. The number of methoxy groups -OCH3 is 1. The molecule has 1 aromatic carbocycles. The molecule has 5 heterocycles. The Balaban J connectivity index is 1.40. The predicted octanol–water partition coefficient (Wildman–Crippen LogP) is 6.22. The lowest BCUT2D eigenvalue weighted by Gasteiger charge is -2.49. The van der Waals surface area contributed by atoms with Crippen LogP contribution in [0.5, 0.6) is 0 Å². The zero-order valence-electron chi connectivity index (χ0n) is 41.0. The molecule has 0 unspecified atom stereocenters. The van der Waals surface area contributed by atoms with Crippen molar-refractivity contribution in [1.82, 2.24) is 4.90 Å². The Morgan fingerprint density at radius 3 is 2.23 bits per heavy atom. The van der Waals surface area contributed by atoms with Crippen molar-refractivity contribution in [1.29, 1.82) is 0 Å². The predicted molar refractivity (Wildman–Crippen MR) is 240 cm³/mol. The zero-order chi connectivity index (χ0) is 48.7. The van der Waals surface area contributed by atoms with Crippen molar-refractivity contribution >= 4 is 35.5 Å². The van der Waals surface area contributed by atoms with Crippen LogP contribution in [0.2, 0.25) is 0 Å². The minimum atomic E-state index is -1.84. The van der Waals surface area contributed by atoms with Crippen LogP contribution in [0.4, 0.5) is 4.79 Å². The molecule has 5 saturated heterocycles. The van der Waals surface area contributed by atoms with Gasteiger partial charge in [0, 0.05) is 44.5 Å². The quantitative estimate of drug-likeness (QED) is 0.150. The lowest BCUT2D eigenvalue weighted by molar-refractivity contribution is -0.337. The van der Waals surface area contributed by atoms with E-state index >= 15 is 0 Å². The highest BCUT2D eigenvalue weighted by Crippen LogP contribution is 2.54. The van der Waals surface area contributed by atoms with E-state index in [1.54, 1.807) is 27.7 Å². The molecule has 0 amide bonds. The zero-order valence-corrected chi connectivity index (χ0v) is 41.8. The summed E-state index contributed by atoms with van der Waals surface area (Å²) in [6.07, 6.45) is -8.55. The fourth-order valence-electron chi connectivity index (χ4n) is 11.1. The smallest absolute Gasteiger partial charge is 0.458 e. The molecule has 1 N–H and O–H groups in total. The van der Waals surface area contributed by atoms with Crippen LogP contribution in [0, 0.1) is 23.7 Å². The maximum atomic E-state index is 14.8. The molecule has 0 aliphatic carbocycles. The number of rotatable bonds is 11. The van der Waals surface area contributed by atoms with E-state index in [1.807, 2.05) is 90.9 Å². The molecule has 0 radical (unpaired) electrons. The SMILES string of the molecule is CC[C@H]1OC(=O)[C@H](C)[C@@H](O[C@H]2C[C@@](C)(OC)[C@@H](OC(=O)OCc3ccccc3)[C@H](C)O2)[C@H](C)[C@@H](O[C@@H]2O[C@H](C)C[C@H](N(C)C)[C@H]2OC(C)=O)[C@]2(C)C[C@@H](C)[C@](O)(O2)[C@H](C)[C@H]2OC(=S)O[C@@]21C. The van der Waals surface area contributed by atoms with Crippen molar-refractivity contribution in [3.63, 3.8) is 0 Å². The minimum absolute atomic E-state index is 0.0122. The first kappa shape index (κ1) is 52.2. The molecule has 19 atom stereocenters. The van der Waals surface area contributed by atoms with Crippen LogP contribution in [0.1, 0.15) is 107 Å². The summed E-state index contributed by atoms with van der Waals surface area (Å²) in [5, 5.41) is 12.7. The Bertz CT molecular complexity index is 1880. The van der Waals surface area contributed by atoms with Gasteiger partial charge in [0.15, 0.2) is 42.3 Å². The number of thiocarbonyl (C=S) groups is 1. The third kappa shape index (κ3) is 10.5. The maximum absolute atomic E-state index is 14.8. The lowest BCUT2D eigenvalue weighted by Crippen LogP contribution is -2.61. The summed E-state index contributed by atoms with van der Waals surface area (Å²) in [5.41, 5.74) is -2.99. The first-order chi connectivity index (χ1) is 30.9. The monoisotopic (exact) mass is 951 g/mol. The summed E-state index contributed by atoms with van der Waals surface area (Å²) in [6.45, 7) is 19.6. The Hall–Kier alpha value is -3.20. The van der Waals surface area contributed by atoms with E-state index in [2.05, 4.69) is 0 Å². The largest absolute Gasteiger partial charge is 0.509 e. The van der Waals surface area contributed by atoms with E-state index in [9.17, 15) is 19.5 Å². The molecule has 18 heteroatoms. The van der Waals surface area contributed by atoms with Gasteiger partial charge in [0.1, 0.15) is 18.3 Å². The van der Waals surface area contributed by atoms with Gasteiger partial charge in [-0.05, 0) is 80.5 Å². The van der Waals surface area contributed by atoms with Crippen LogP contribution in [0.3, 0.4) is 0 Å². The molecule has 5 aliphatic heterocycles. The average molecular weight is 952 g/mol. The number of carbonyl (C=O) groups is 3. The number of likely N-dealkylation sites (N-methyl/N-ethyl adjacent to an activating group) is 1. The summed E-state index contributed by atoms with van der Waals surface area (Å²) in [6, 6.07) is 8.96. The van der Waals surface area contributed by atoms with Gasteiger partial charge in [0.05, 0.1) is 47.9 Å². The Morgan fingerprint density at radius 2 is 1.61 bits per heavy atom. The van der Waals surface area contributed by atoms with E-state index in [0.717, 1.165) is 5.56 Å². The fraction of sp³-hybridized carbons (Fsp3) is 0.792. The molecule has 1 aromatic rings. The van der Waals surface area contributed by atoms with E-state index in [1.165, 1.54) is 14.0 Å². The topological polar surface area (TPSA) is 185 Å². The summed E-state index contributed by atoms with van der Waals surface area (Å²) in [5.74, 6) is -6.01.